The van der Waals surface area contributed by atoms with Crippen LogP contribution in [-0.2, 0) is 14.3 Å². The van der Waals surface area contributed by atoms with Gasteiger partial charge in [0.05, 0.1) is 17.8 Å². The largest absolute Gasteiger partial charge is 0.481 e. The molecule has 4 aliphatic rings. The van der Waals surface area contributed by atoms with E-state index < -0.39 is 5.97 Å². The van der Waals surface area contributed by atoms with Crippen molar-refractivity contribution < 1.29 is 19.4 Å². The Balaban J connectivity index is 1.30. The predicted molar refractivity (Wildman–Crippen MR) is 128 cm³/mol. The molecule has 0 amide bonds. The molecule has 6 heteroatoms. The Morgan fingerprint density at radius 1 is 1.15 bits per heavy atom. The number of carbonyl (C=O) groups excluding carboxylic acids is 1. The second kappa shape index (κ2) is 8.51. The minimum absolute atomic E-state index is 0.0348. The summed E-state index contributed by atoms with van der Waals surface area (Å²) in [6.45, 7) is 7.19. The summed E-state index contributed by atoms with van der Waals surface area (Å²) < 4.78 is 5.67. The summed E-state index contributed by atoms with van der Waals surface area (Å²) >= 11 is 1.90. The van der Waals surface area contributed by atoms with Gasteiger partial charge in [0.1, 0.15) is 6.10 Å². The molecule has 0 saturated heterocycles. The molecule has 1 aromatic rings. The smallest absolute Gasteiger partial charge is 0.306 e. The molecule has 5 nitrogen and oxygen atoms in total. The average Bonchev–Trinajstić information content (AvgIpc) is 3.34. The molecule has 1 aromatic heterocycles. The van der Waals surface area contributed by atoms with Crippen molar-refractivity contribution in [1.82, 2.24) is 4.98 Å². The van der Waals surface area contributed by atoms with Crippen molar-refractivity contribution in [2.75, 3.05) is 0 Å². The third-order valence-electron chi connectivity index (χ3n) is 9.84. The molecule has 2 unspecified atom stereocenters. The molecule has 33 heavy (non-hydrogen) atoms. The second-order valence-corrected chi connectivity index (χ2v) is 12.8. The van der Waals surface area contributed by atoms with Crippen molar-refractivity contribution in [3.63, 3.8) is 0 Å². The maximum Gasteiger partial charge on any atom is 0.306 e. The number of aryl methyl sites for hydroxylation is 1. The molecule has 0 radical (unpaired) electrons. The molecule has 0 aromatic carbocycles. The van der Waals surface area contributed by atoms with Gasteiger partial charge in [-0.25, -0.2) is 4.98 Å². The second-order valence-electron chi connectivity index (χ2n) is 11.5. The van der Waals surface area contributed by atoms with Crippen LogP contribution in [0.15, 0.2) is 17.8 Å². The molecular weight excluding hydrogens is 434 g/mol. The highest BCUT2D eigenvalue weighted by Crippen LogP contribution is 2.68. The number of carboxylic acids is 1. The van der Waals surface area contributed by atoms with Crippen LogP contribution in [0.4, 0.5) is 0 Å². The van der Waals surface area contributed by atoms with Crippen LogP contribution in [0.2, 0.25) is 0 Å². The lowest BCUT2D eigenvalue weighted by molar-refractivity contribution is -0.154. The van der Waals surface area contributed by atoms with Crippen LogP contribution in [0.5, 0.6) is 0 Å². The molecule has 0 spiro atoms. The molecular formula is C27H37NO4S. The molecule has 180 valence electrons. The summed E-state index contributed by atoms with van der Waals surface area (Å²) in [6, 6.07) is 0. The Morgan fingerprint density at radius 2 is 1.97 bits per heavy atom. The van der Waals surface area contributed by atoms with Crippen molar-refractivity contribution in [3.05, 3.63) is 27.7 Å². The highest BCUT2D eigenvalue weighted by Gasteiger charge is 2.59. The first-order chi connectivity index (χ1) is 15.7. The fourth-order valence-electron chi connectivity index (χ4n) is 8.12. The zero-order valence-corrected chi connectivity index (χ0v) is 21.0. The van der Waals surface area contributed by atoms with E-state index in [1.165, 1.54) is 41.1 Å². The molecule has 1 heterocycles. The minimum atomic E-state index is -0.951. The number of thiazole rings is 1. The molecule has 7 atom stereocenters. The lowest BCUT2D eigenvalue weighted by atomic mass is 9.47. The van der Waals surface area contributed by atoms with Crippen molar-refractivity contribution in [1.29, 1.82) is 0 Å². The van der Waals surface area contributed by atoms with Gasteiger partial charge in [0.25, 0.3) is 0 Å². The van der Waals surface area contributed by atoms with E-state index in [4.69, 9.17) is 14.8 Å². The van der Waals surface area contributed by atoms with E-state index in [0.717, 1.165) is 43.4 Å². The quantitative estimate of drug-likeness (QED) is 0.404. The number of esters is 1. The van der Waals surface area contributed by atoms with Crippen molar-refractivity contribution in [2.24, 2.45) is 28.6 Å². The van der Waals surface area contributed by atoms with Crippen LogP contribution in [0.25, 0.3) is 0 Å². The van der Waals surface area contributed by atoms with Crippen LogP contribution < -0.4 is 0 Å². The highest BCUT2D eigenvalue weighted by atomic mass is 32.1. The Morgan fingerprint density at radius 3 is 2.70 bits per heavy atom. The van der Waals surface area contributed by atoms with Crippen molar-refractivity contribution in [2.45, 2.75) is 97.0 Å². The fourth-order valence-corrected chi connectivity index (χ4v) is 9.19. The van der Waals surface area contributed by atoms with E-state index in [9.17, 15) is 9.59 Å². The Bertz CT molecular complexity index is 969. The van der Waals surface area contributed by atoms with Crippen molar-refractivity contribution >= 4 is 23.3 Å². The van der Waals surface area contributed by atoms with E-state index in [-0.39, 0.29) is 30.3 Å². The third-order valence-corrected chi connectivity index (χ3v) is 10.9. The topological polar surface area (TPSA) is 76.5 Å². The van der Waals surface area contributed by atoms with Gasteiger partial charge in [-0.05, 0) is 80.5 Å². The Kier molecular flexibility index (Phi) is 5.95. The van der Waals surface area contributed by atoms with Gasteiger partial charge >= 0.3 is 11.9 Å². The SMILES string of the molecule is Cc1cnc([C@H]2CCC3[C@@H]4CC=C5C[C@@H](OC(=O)CCC(=O)O)CC[C@]5(C)C4CC[C@@]32C)s1. The number of fused-ring (bicyclic) bond motifs is 5. The first kappa shape index (κ1) is 23.1. The molecule has 1 N–H and O–H groups in total. The van der Waals surface area contributed by atoms with E-state index >= 15 is 0 Å². The van der Waals surface area contributed by atoms with Gasteiger partial charge in [0, 0.05) is 23.4 Å². The molecule has 0 aliphatic heterocycles. The van der Waals surface area contributed by atoms with E-state index in [2.05, 4.69) is 26.8 Å². The standard InChI is InChI=1S/C27H37NO4S/c1-16-15-28-25(33-16)22-7-6-20-19-5-4-17-14-18(32-24(31)9-8-23(29)30)10-12-26(17,2)21(19)11-13-27(20,22)3/h4,15,18-22H,5-14H2,1-3H3,(H,29,30)/t18-,19-,20?,21?,22+,26-,27-/m0/s1. The summed E-state index contributed by atoms with van der Waals surface area (Å²) in [6.07, 6.45) is 13.4. The number of rotatable bonds is 5. The lowest BCUT2D eigenvalue weighted by Crippen LogP contribution is -2.50. The predicted octanol–water partition coefficient (Wildman–Crippen LogP) is 6.27. The lowest BCUT2D eigenvalue weighted by Gasteiger charge is -2.58. The first-order valence-corrected chi connectivity index (χ1v) is 13.6. The molecule has 3 saturated carbocycles. The average molecular weight is 472 g/mol. The van der Waals surface area contributed by atoms with Crippen molar-refractivity contribution in [3.8, 4) is 0 Å². The normalized spacial score (nSPS) is 39.7. The van der Waals surface area contributed by atoms with Crippen LogP contribution >= 0.6 is 11.3 Å². The van der Waals surface area contributed by atoms with Gasteiger partial charge in [0.15, 0.2) is 0 Å². The highest BCUT2D eigenvalue weighted by molar-refractivity contribution is 7.11. The van der Waals surface area contributed by atoms with E-state index in [1.807, 2.05) is 17.5 Å². The Hall–Kier alpha value is -1.69. The summed E-state index contributed by atoms with van der Waals surface area (Å²) in [4.78, 5) is 29.0. The van der Waals surface area contributed by atoms with Gasteiger partial charge in [-0.1, -0.05) is 25.5 Å². The first-order valence-electron chi connectivity index (χ1n) is 12.7. The van der Waals surface area contributed by atoms with Gasteiger partial charge in [0.2, 0.25) is 0 Å². The number of aromatic nitrogens is 1. The number of ether oxygens (including phenoxy) is 1. The summed E-state index contributed by atoms with van der Waals surface area (Å²) in [5.41, 5.74) is 2.06. The minimum Gasteiger partial charge on any atom is -0.481 e. The number of allylic oxidation sites excluding steroid dienone is 1. The summed E-state index contributed by atoms with van der Waals surface area (Å²) in [7, 11) is 0. The zero-order chi connectivity index (χ0) is 23.4. The van der Waals surface area contributed by atoms with E-state index in [0.29, 0.717) is 11.3 Å². The molecule has 0 bridgehead atoms. The zero-order valence-electron chi connectivity index (χ0n) is 20.1. The van der Waals surface area contributed by atoms with Gasteiger partial charge in [-0.3, -0.25) is 9.59 Å². The molecule has 3 fully saturated rings. The van der Waals surface area contributed by atoms with Gasteiger partial charge in [-0.2, -0.15) is 0 Å². The monoisotopic (exact) mass is 471 g/mol. The van der Waals surface area contributed by atoms with Crippen LogP contribution in [0, 0.1) is 35.5 Å². The molecule has 4 aliphatic carbocycles. The number of hydrogen-bond donors (Lipinski definition) is 1. The van der Waals surface area contributed by atoms with Crippen LogP contribution in [0.3, 0.4) is 0 Å². The molecule has 5 rings (SSSR count). The number of hydrogen-bond acceptors (Lipinski definition) is 5. The van der Waals surface area contributed by atoms with Gasteiger partial charge in [-0.15, -0.1) is 11.3 Å². The summed E-state index contributed by atoms with van der Waals surface area (Å²) in [5.74, 6) is 1.53. The Labute approximate surface area is 201 Å². The van der Waals surface area contributed by atoms with Gasteiger partial charge < -0.3 is 9.84 Å². The number of nitrogens with zero attached hydrogens (tertiary/aromatic N) is 1. The number of carbonyl (C=O) groups is 2. The maximum atomic E-state index is 12.1. The number of carboxylic acid groups (broad SMARTS) is 1. The van der Waals surface area contributed by atoms with Crippen LogP contribution in [0.1, 0.15) is 93.9 Å². The number of aliphatic carboxylic acids is 1. The summed E-state index contributed by atoms with van der Waals surface area (Å²) in [5, 5.41) is 10.2. The maximum absolute atomic E-state index is 12.1. The van der Waals surface area contributed by atoms with Crippen LogP contribution in [-0.4, -0.2) is 28.1 Å². The fraction of sp³-hybridized carbons (Fsp3) is 0.741. The third kappa shape index (κ3) is 3.96. The van der Waals surface area contributed by atoms with E-state index in [1.54, 1.807) is 0 Å².